The summed E-state index contributed by atoms with van der Waals surface area (Å²) in [6.45, 7) is 27.5. The van der Waals surface area contributed by atoms with Gasteiger partial charge in [-0.05, 0) is 249 Å². The number of carbonyl (C=O) groups is 2. The van der Waals surface area contributed by atoms with Crippen LogP contribution in [0.5, 0.6) is 0 Å². The number of hydrogen-bond acceptors (Lipinski definition) is 16. The Balaban J connectivity index is 0. The molecule has 1 radical (unpaired) electrons. The maximum absolute atomic E-state index is 9.00. The van der Waals surface area contributed by atoms with Crippen molar-refractivity contribution >= 4 is 86.9 Å². The first kappa shape index (κ1) is 89.0. The van der Waals surface area contributed by atoms with E-state index in [1.807, 2.05) is 127 Å². The largest absolute Gasteiger partial charge is 1.00 e. The van der Waals surface area contributed by atoms with Crippen LogP contribution in [0.4, 0.5) is 62.6 Å². The number of hydrogen-bond donors (Lipinski definition) is 3. The van der Waals surface area contributed by atoms with Crippen LogP contribution in [0.3, 0.4) is 0 Å². The predicted molar refractivity (Wildman–Crippen MR) is 395 cm³/mol. The van der Waals surface area contributed by atoms with Gasteiger partial charge in [-0.3, -0.25) is 9.59 Å². The average Bonchev–Trinajstić information content (AvgIpc) is 0.978. The van der Waals surface area contributed by atoms with Crippen LogP contribution in [-0.2, 0) is 26.7 Å². The van der Waals surface area contributed by atoms with E-state index in [1.165, 1.54) is 22.7 Å². The van der Waals surface area contributed by atoms with Crippen molar-refractivity contribution in [2.75, 3.05) is 77.7 Å². The first-order valence-electron chi connectivity index (χ1n) is 30.5. The quantitative estimate of drug-likeness (QED) is 0.0182. The molecule has 0 saturated heterocycles. The molecule has 0 atom stereocenters. The van der Waals surface area contributed by atoms with E-state index in [4.69, 9.17) is 48.5 Å². The summed E-state index contributed by atoms with van der Waals surface area (Å²) in [4.78, 5) is 35.2. The molecular formula is C76H86ClCuN12NaO6. The number of halogens is 1. The summed E-state index contributed by atoms with van der Waals surface area (Å²) in [7, 11) is 0. The zero-order chi connectivity index (χ0) is 69.3. The number of nitrogens with zero attached hydrogens (tertiary/aromatic N) is 11. The molecule has 0 aliphatic heterocycles. The molecule has 0 saturated carbocycles. The molecule has 0 fully saturated rings. The van der Waals surface area contributed by atoms with E-state index in [2.05, 4.69) is 202 Å². The Hall–Kier alpha value is -10.1. The first-order chi connectivity index (χ1) is 45.5. The Morgan fingerprint density at radius 2 is 0.577 bits per heavy atom. The number of carboxylic acid groups (broad SMARTS) is 2. The van der Waals surface area contributed by atoms with Gasteiger partial charge in [0.1, 0.15) is 0 Å². The summed E-state index contributed by atoms with van der Waals surface area (Å²) in [6.07, 6.45) is 10.4. The summed E-state index contributed by atoms with van der Waals surface area (Å²) in [5, 5.41) is 49.7. The van der Waals surface area contributed by atoms with Crippen molar-refractivity contribution in [1.82, 2.24) is 0 Å². The van der Waals surface area contributed by atoms with E-state index in [0.717, 1.165) is 134 Å². The number of nitrogens with two attached hydrogens (primary N) is 1. The third kappa shape index (κ3) is 38.2. The Bertz CT molecular complexity index is 3620. The number of anilines is 5. The van der Waals surface area contributed by atoms with Gasteiger partial charge in [0.05, 0.1) is 34.1 Å². The maximum Gasteiger partial charge on any atom is 1.00 e. The number of benzene rings is 8. The van der Waals surface area contributed by atoms with Crippen molar-refractivity contribution in [2.24, 2.45) is 36.0 Å². The van der Waals surface area contributed by atoms with Gasteiger partial charge >= 0.3 is 29.6 Å². The second-order valence-electron chi connectivity index (χ2n) is 19.3. The minimum Gasteiger partial charge on any atom is -0.481 e. The monoisotopic (exact) mass is 1380 g/mol. The fourth-order valence-corrected chi connectivity index (χ4v) is 8.16. The van der Waals surface area contributed by atoms with Crippen molar-refractivity contribution in [3.05, 3.63) is 233 Å². The van der Waals surface area contributed by atoms with Gasteiger partial charge < -0.3 is 45.7 Å². The zero-order valence-electron chi connectivity index (χ0n) is 57.1. The van der Waals surface area contributed by atoms with Crippen LogP contribution in [0.1, 0.15) is 91.5 Å². The van der Waals surface area contributed by atoms with Gasteiger partial charge in [-0.1, -0.05) is 41.9 Å². The first-order valence-corrected chi connectivity index (χ1v) is 30.5. The van der Waals surface area contributed by atoms with Gasteiger partial charge in [-0.15, -0.1) is 30.6 Å². The molecule has 0 heterocycles. The molecule has 505 valence electrons. The molecule has 97 heavy (non-hydrogen) atoms. The molecule has 21 heteroatoms. The average molecular weight is 1390 g/mol. The summed E-state index contributed by atoms with van der Waals surface area (Å²) in [5.41, 5.74) is 19.3. The molecule has 0 aliphatic rings. The van der Waals surface area contributed by atoms with Gasteiger partial charge in [0.2, 0.25) is 0 Å². The van der Waals surface area contributed by atoms with Crippen molar-refractivity contribution in [1.29, 1.82) is 0 Å². The number of terminal acetylenes is 2. The van der Waals surface area contributed by atoms with Crippen LogP contribution in [-0.4, -0.2) is 74.5 Å². The fourth-order valence-electron chi connectivity index (χ4n) is 8.16. The second kappa shape index (κ2) is 54.2. The SMILES string of the molecule is C#Cc1ccc(N)cc1.C#Cc1ccc(N=Nc2ccc(N(CC)CC)cc2)cc1.CC(=O)O.CC(=O)O.CCN(CC)c1ccc(N=Nc2ccc(C#CC#Cc3ccc(N=Nc4ccc(N(CC)CC)cc4)cc3)cc2)cc1.CCN(CC)c1ccccc1.Cl.O=N[O-].[Cu].[Na+]. The van der Waals surface area contributed by atoms with Crippen molar-refractivity contribution in [3.8, 4) is 48.4 Å². The van der Waals surface area contributed by atoms with E-state index < -0.39 is 11.9 Å². The molecule has 0 spiro atoms. The standard InChI is InChI=1S/C36H36N6.C18H19N3.C10H15N.C8H7N.2C2H4O2.ClH.Cu.HNO2.Na/c1-5-41(6-2)35-25-21-33(22-26-35)39-37-31-17-13-29(14-18-31)11-9-10-12-30-15-19-32(20-16-30)38-40-34-23-27-36(28-24-34)42(7-3)8-4;1-4-15-7-9-16(10-8-15)19-20-17-11-13-18(14-12-17)21(5-2)6-3;1-3-11(4-2)10-8-6-5-7-9-10;1-2-7-3-5-8(9)6-4-7;2*1-2(3)4;;;2-1-3;/h13-28H,5-8H2,1-4H3;1,7-14H,5-6H2,2-3H3;5-9H,3-4H2,1-2H3;1,3-6H,9H2;2*1H3,(H,3,4);1H;;(H,2,3);/q;;;;;;;;;+1/p-1. The number of nitrogen functional groups attached to an aromatic ring is 1. The molecule has 0 amide bonds. The normalized spacial score (nSPS) is 9.40. The summed E-state index contributed by atoms with van der Waals surface area (Å²) < 4.78 is 0. The number of para-hydroxylation sites is 1. The minimum absolute atomic E-state index is 0. The Morgan fingerprint density at radius 3 is 0.784 bits per heavy atom. The zero-order valence-corrected chi connectivity index (χ0v) is 60.9. The van der Waals surface area contributed by atoms with Gasteiger partial charge in [0.25, 0.3) is 11.9 Å². The Labute approximate surface area is 612 Å². The third-order valence-electron chi connectivity index (χ3n) is 13.0. The minimum atomic E-state index is -0.833. The van der Waals surface area contributed by atoms with Gasteiger partial charge in [-0.25, -0.2) is 0 Å². The molecule has 0 bridgehead atoms. The molecule has 18 nitrogen and oxygen atoms in total. The number of rotatable bonds is 18. The smallest absolute Gasteiger partial charge is 0.481 e. The molecule has 0 aromatic heterocycles. The predicted octanol–water partition coefficient (Wildman–Crippen LogP) is 16.2. The van der Waals surface area contributed by atoms with Crippen molar-refractivity contribution in [2.45, 2.75) is 69.2 Å². The molecule has 8 aromatic carbocycles. The number of azo groups is 3. The fraction of sp³-hybridized carbons (Fsp3) is 0.237. The molecule has 8 aromatic rings. The number of aliphatic carboxylic acids is 2. The molecular weight excluding hydrogens is 1300 g/mol. The molecule has 8 rings (SSSR count). The molecule has 4 N–H and O–H groups in total. The van der Waals surface area contributed by atoms with E-state index in [0.29, 0.717) is 0 Å². The second-order valence-corrected chi connectivity index (χ2v) is 19.3. The summed E-state index contributed by atoms with van der Waals surface area (Å²) in [5.74, 6) is 15.4. The van der Waals surface area contributed by atoms with Gasteiger partial charge in [0.15, 0.2) is 0 Å². The number of carboxylic acids is 2. The van der Waals surface area contributed by atoms with E-state index >= 15 is 0 Å². The van der Waals surface area contributed by atoms with Gasteiger partial charge in [0, 0.05) is 134 Å². The summed E-state index contributed by atoms with van der Waals surface area (Å²) >= 11 is 0. The Kier molecular flexibility index (Phi) is 49.8. The van der Waals surface area contributed by atoms with E-state index in [9.17, 15) is 0 Å². The molecule has 0 aliphatic carbocycles. The maximum atomic E-state index is 9.00. The van der Waals surface area contributed by atoms with Crippen molar-refractivity contribution < 1.29 is 66.4 Å². The Morgan fingerprint density at radius 1 is 0.392 bits per heavy atom. The van der Waals surface area contributed by atoms with Crippen LogP contribution in [0.2, 0.25) is 0 Å². The van der Waals surface area contributed by atoms with Crippen LogP contribution < -0.4 is 54.9 Å². The van der Waals surface area contributed by atoms with Crippen molar-refractivity contribution in [3.63, 3.8) is 0 Å². The van der Waals surface area contributed by atoms with Gasteiger partial charge in [-0.2, -0.15) is 30.7 Å². The van der Waals surface area contributed by atoms with Crippen LogP contribution in [0.25, 0.3) is 0 Å². The van der Waals surface area contributed by atoms with E-state index in [1.54, 1.807) is 12.1 Å². The summed E-state index contributed by atoms with van der Waals surface area (Å²) in [6, 6.07) is 64.8. The van der Waals surface area contributed by atoms with E-state index in [-0.39, 0.29) is 59.0 Å². The van der Waals surface area contributed by atoms with Crippen LogP contribution in [0, 0.1) is 58.5 Å². The third-order valence-corrected chi connectivity index (χ3v) is 13.0. The molecule has 0 unspecified atom stereocenters. The van der Waals surface area contributed by atoms with Crippen LogP contribution >= 0.6 is 12.4 Å². The topological polar surface area (TPSA) is 240 Å². The van der Waals surface area contributed by atoms with Crippen LogP contribution in [0.15, 0.2) is 236 Å².